The van der Waals surface area contributed by atoms with Gasteiger partial charge in [-0.25, -0.2) is 9.59 Å². The second-order valence-corrected chi connectivity index (χ2v) is 7.24. The summed E-state index contributed by atoms with van der Waals surface area (Å²) in [6.45, 7) is 8.89. The number of carbonyl (C=O) groups excluding carboxylic acids is 2. The number of carboxylic acids is 1. The van der Waals surface area contributed by atoms with Crippen LogP contribution in [0.5, 0.6) is 0 Å². The largest absolute Gasteiger partial charge is 0.480 e. The Bertz CT molecular complexity index is 516. The molecule has 7 N–H and O–H groups in total. The number of hydrogen-bond acceptors (Lipinski definition) is 6. The summed E-state index contributed by atoms with van der Waals surface area (Å²) in [4.78, 5) is 34.6. The average Bonchev–Trinajstić information content (AvgIpc) is 2.46. The SMILES string of the molecule is CC(C)[C@H](N)C(=O)N[C@@H](CCCNC(=N)NC(=O)OC(C)(C)C)C(=O)O. The molecule has 10 heteroatoms. The Morgan fingerprint density at radius 2 is 1.81 bits per heavy atom. The van der Waals surface area contributed by atoms with Crippen molar-refractivity contribution in [2.24, 2.45) is 11.7 Å². The van der Waals surface area contributed by atoms with E-state index in [1.165, 1.54) is 0 Å². The van der Waals surface area contributed by atoms with Gasteiger partial charge in [-0.05, 0) is 39.5 Å². The van der Waals surface area contributed by atoms with Crippen LogP contribution in [0.3, 0.4) is 0 Å². The normalized spacial score (nSPS) is 13.5. The van der Waals surface area contributed by atoms with Gasteiger partial charge in [0, 0.05) is 6.54 Å². The number of aliphatic carboxylic acids is 1. The lowest BCUT2D eigenvalue weighted by Gasteiger charge is -2.20. The van der Waals surface area contributed by atoms with E-state index in [-0.39, 0.29) is 24.8 Å². The number of ether oxygens (including phenoxy) is 1. The van der Waals surface area contributed by atoms with Gasteiger partial charge in [0.25, 0.3) is 0 Å². The molecule has 150 valence electrons. The molecule has 0 saturated heterocycles. The molecule has 0 unspecified atom stereocenters. The van der Waals surface area contributed by atoms with Crippen LogP contribution in [0, 0.1) is 11.3 Å². The average molecular weight is 373 g/mol. The number of carbonyl (C=O) groups is 3. The summed E-state index contributed by atoms with van der Waals surface area (Å²) in [5.74, 6) is -2.03. The van der Waals surface area contributed by atoms with Gasteiger partial charge in [-0.3, -0.25) is 15.5 Å². The van der Waals surface area contributed by atoms with Crippen molar-refractivity contribution < 1.29 is 24.2 Å². The molecule has 0 heterocycles. The monoisotopic (exact) mass is 373 g/mol. The highest BCUT2D eigenvalue weighted by atomic mass is 16.6. The molecule has 0 aromatic carbocycles. The van der Waals surface area contributed by atoms with Gasteiger partial charge in [0.1, 0.15) is 11.6 Å². The second-order valence-electron chi connectivity index (χ2n) is 7.24. The van der Waals surface area contributed by atoms with E-state index in [0.29, 0.717) is 6.42 Å². The maximum atomic E-state index is 11.9. The highest BCUT2D eigenvalue weighted by molar-refractivity contribution is 5.92. The van der Waals surface area contributed by atoms with Crippen LogP contribution in [0.25, 0.3) is 0 Å². The standard InChI is InChI=1S/C16H31N5O5/c1-9(2)11(17)12(22)20-10(13(23)24)7-6-8-19-14(18)21-15(25)26-16(3,4)5/h9-11H,6-8,17H2,1-5H3,(H,20,22)(H,23,24)(H3,18,19,21,25)/t10-,11-/m0/s1. The van der Waals surface area contributed by atoms with Crippen LogP contribution in [0.2, 0.25) is 0 Å². The fourth-order valence-electron chi connectivity index (χ4n) is 1.80. The van der Waals surface area contributed by atoms with Crippen molar-refractivity contribution in [1.82, 2.24) is 16.0 Å². The van der Waals surface area contributed by atoms with E-state index in [2.05, 4.69) is 16.0 Å². The Hall–Kier alpha value is -2.36. The molecule has 26 heavy (non-hydrogen) atoms. The first-order valence-electron chi connectivity index (χ1n) is 8.44. The van der Waals surface area contributed by atoms with E-state index in [1.807, 2.05) is 0 Å². The Labute approximate surface area is 153 Å². The highest BCUT2D eigenvalue weighted by Crippen LogP contribution is 2.06. The number of rotatable bonds is 8. The van der Waals surface area contributed by atoms with Gasteiger partial charge in [0.05, 0.1) is 6.04 Å². The minimum absolute atomic E-state index is 0.106. The van der Waals surface area contributed by atoms with Crippen LogP contribution >= 0.6 is 0 Å². The number of guanidine groups is 1. The summed E-state index contributed by atoms with van der Waals surface area (Å²) in [5.41, 5.74) is 5.02. The van der Waals surface area contributed by atoms with Crippen molar-refractivity contribution in [1.29, 1.82) is 5.41 Å². The Morgan fingerprint density at radius 1 is 1.23 bits per heavy atom. The van der Waals surface area contributed by atoms with E-state index in [1.54, 1.807) is 34.6 Å². The maximum Gasteiger partial charge on any atom is 0.414 e. The third-order valence-electron chi connectivity index (χ3n) is 3.23. The Kier molecular flexibility index (Phi) is 9.63. The third-order valence-corrected chi connectivity index (χ3v) is 3.23. The quantitative estimate of drug-likeness (QED) is 0.203. The van der Waals surface area contributed by atoms with Crippen molar-refractivity contribution in [3.05, 3.63) is 0 Å². The summed E-state index contributed by atoms with van der Waals surface area (Å²) >= 11 is 0. The summed E-state index contributed by atoms with van der Waals surface area (Å²) in [6.07, 6.45) is -0.251. The molecule has 0 aromatic rings. The van der Waals surface area contributed by atoms with Gasteiger partial charge in [-0.2, -0.15) is 0 Å². The minimum Gasteiger partial charge on any atom is -0.480 e. The smallest absolute Gasteiger partial charge is 0.414 e. The second kappa shape index (κ2) is 10.6. The molecule has 0 radical (unpaired) electrons. The predicted molar refractivity (Wildman–Crippen MR) is 96.7 cm³/mol. The number of hydrogen-bond donors (Lipinski definition) is 6. The topological polar surface area (TPSA) is 167 Å². The first kappa shape index (κ1) is 23.6. The van der Waals surface area contributed by atoms with Crippen LogP contribution in [-0.4, -0.2) is 53.3 Å². The van der Waals surface area contributed by atoms with Crippen molar-refractivity contribution in [3.63, 3.8) is 0 Å². The molecule has 0 fully saturated rings. The zero-order valence-electron chi connectivity index (χ0n) is 16.0. The van der Waals surface area contributed by atoms with Crippen LogP contribution in [0.4, 0.5) is 4.79 Å². The van der Waals surface area contributed by atoms with Gasteiger partial charge in [0.2, 0.25) is 5.91 Å². The van der Waals surface area contributed by atoms with Crippen molar-refractivity contribution in [2.45, 2.75) is 65.1 Å². The predicted octanol–water partition coefficient (Wildman–Crippen LogP) is 0.368. The van der Waals surface area contributed by atoms with Crippen molar-refractivity contribution in [2.75, 3.05) is 6.54 Å². The number of amides is 2. The van der Waals surface area contributed by atoms with Gasteiger partial charge in [0.15, 0.2) is 5.96 Å². The number of nitrogens with two attached hydrogens (primary N) is 1. The zero-order chi connectivity index (χ0) is 20.5. The fraction of sp³-hybridized carbons (Fsp3) is 0.750. The van der Waals surface area contributed by atoms with E-state index in [9.17, 15) is 19.5 Å². The summed E-state index contributed by atoms with van der Waals surface area (Å²) in [6, 6.07) is -1.84. The number of nitrogens with one attached hydrogen (secondary N) is 4. The molecule has 0 bridgehead atoms. The van der Waals surface area contributed by atoms with Crippen LogP contribution in [0.15, 0.2) is 0 Å². The van der Waals surface area contributed by atoms with E-state index in [4.69, 9.17) is 15.9 Å². The number of alkyl carbamates (subject to hydrolysis) is 1. The molecule has 0 aliphatic heterocycles. The highest BCUT2D eigenvalue weighted by Gasteiger charge is 2.24. The summed E-state index contributed by atoms with van der Waals surface area (Å²) in [5, 5.41) is 24.0. The molecule has 0 saturated carbocycles. The lowest BCUT2D eigenvalue weighted by molar-refractivity contribution is -0.142. The third kappa shape index (κ3) is 10.5. The van der Waals surface area contributed by atoms with E-state index >= 15 is 0 Å². The van der Waals surface area contributed by atoms with Gasteiger partial charge in [-0.15, -0.1) is 0 Å². The molecule has 0 rings (SSSR count). The van der Waals surface area contributed by atoms with Crippen LogP contribution < -0.4 is 21.7 Å². The molecular formula is C16H31N5O5. The first-order valence-corrected chi connectivity index (χ1v) is 8.44. The first-order chi connectivity index (χ1) is 11.8. The minimum atomic E-state index is -1.16. The van der Waals surface area contributed by atoms with Gasteiger partial charge < -0.3 is 26.2 Å². The van der Waals surface area contributed by atoms with Crippen LogP contribution in [-0.2, 0) is 14.3 Å². The molecule has 2 atom stereocenters. The molecular weight excluding hydrogens is 342 g/mol. The molecule has 0 aromatic heterocycles. The van der Waals surface area contributed by atoms with E-state index in [0.717, 1.165) is 0 Å². The molecule has 0 aliphatic carbocycles. The molecule has 10 nitrogen and oxygen atoms in total. The van der Waals surface area contributed by atoms with Crippen molar-refractivity contribution in [3.8, 4) is 0 Å². The molecule has 0 spiro atoms. The zero-order valence-corrected chi connectivity index (χ0v) is 16.0. The van der Waals surface area contributed by atoms with Gasteiger partial charge >= 0.3 is 12.1 Å². The molecule has 0 aliphatic rings. The Morgan fingerprint density at radius 3 is 2.27 bits per heavy atom. The summed E-state index contributed by atoms with van der Waals surface area (Å²) < 4.78 is 5.00. The number of carboxylic acid groups (broad SMARTS) is 1. The fourth-order valence-corrected chi connectivity index (χ4v) is 1.80. The maximum absolute atomic E-state index is 11.9. The van der Waals surface area contributed by atoms with Crippen molar-refractivity contribution >= 4 is 23.9 Å². The Balaban J connectivity index is 4.25. The van der Waals surface area contributed by atoms with E-state index < -0.39 is 35.7 Å². The lowest BCUT2D eigenvalue weighted by atomic mass is 10.0. The molecule has 2 amide bonds. The lowest BCUT2D eigenvalue weighted by Crippen LogP contribution is -2.50. The van der Waals surface area contributed by atoms with Gasteiger partial charge in [-0.1, -0.05) is 13.8 Å². The van der Waals surface area contributed by atoms with Crippen LogP contribution in [0.1, 0.15) is 47.5 Å². The summed E-state index contributed by atoms with van der Waals surface area (Å²) in [7, 11) is 0.